The molecule has 0 aliphatic rings. The van der Waals surface area contributed by atoms with Gasteiger partial charge in [-0.1, -0.05) is 6.07 Å². The van der Waals surface area contributed by atoms with E-state index in [-0.39, 0.29) is 0 Å². The fourth-order valence-corrected chi connectivity index (χ4v) is 2.93. The summed E-state index contributed by atoms with van der Waals surface area (Å²) in [5.41, 5.74) is 2.52. The summed E-state index contributed by atoms with van der Waals surface area (Å²) >= 11 is 1.69. The summed E-state index contributed by atoms with van der Waals surface area (Å²) in [6.45, 7) is 2.77. The van der Waals surface area contributed by atoms with Crippen LogP contribution in [0, 0.1) is 6.92 Å². The van der Waals surface area contributed by atoms with Gasteiger partial charge in [0.25, 0.3) is 10.2 Å². The number of nitrogens with one attached hydrogen (secondary N) is 2. The van der Waals surface area contributed by atoms with Gasteiger partial charge >= 0.3 is 0 Å². The monoisotopic (exact) mass is 297 g/mol. The molecular formula is C12H15N3O2S2. The molecule has 1 heterocycles. The van der Waals surface area contributed by atoms with Gasteiger partial charge in [-0.3, -0.25) is 4.72 Å². The van der Waals surface area contributed by atoms with Crippen molar-refractivity contribution in [1.29, 1.82) is 0 Å². The lowest BCUT2D eigenvalue weighted by atomic mass is 10.2. The lowest BCUT2D eigenvalue weighted by Gasteiger charge is -2.08. The van der Waals surface area contributed by atoms with Crippen molar-refractivity contribution in [1.82, 2.24) is 0 Å². The molecule has 0 fully saturated rings. The van der Waals surface area contributed by atoms with Crippen LogP contribution < -0.4 is 15.2 Å². The summed E-state index contributed by atoms with van der Waals surface area (Å²) in [6.07, 6.45) is 0. The molecule has 19 heavy (non-hydrogen) atoms. The van der Waals surface area contributed by atoms with Crippen LogP contribution in [-0.4, -0.2) is 8.42 Å². The first-order valence-corrected chi connectivity index (χ1v) is 8.04. The minimum Gasteiger partial charge on any atom is -0.380 e. The van der Waals surface area contributed by atoms with Crippen molar-refractivity contribution in [2.45, 2.75) is 13.5 Å². The largest absolute Gasteiger partial charge is 0.380 e. The summed E-state index contributed by atoms with van der Waals surface area (Å²) < 4.78 is 24.1. The van der Waals surface area contributed by atoms with Crippen LogP contribution in [0.15, 0.2) is 35.7 Å². The Morgan fingerprint density at radius 2 is 2.00 bits per heavy atom. The number of aryl methyl sites for hydroxylation is 1. The quantitative estimate of drug-likeness (QED) is 0.791. The van der Waals surface area contributed by atoms with Crippen LogP contribution in [0.3, 0.4) is 0 Å². The molecule has 0 unspecified atom stereocenters. The van der Waals surface area contributed by atoms with E-state index in [0.29, 0.717) is 12.2 Å². The molecule has 4 N–H and O–H groups in total. The van der Waals surface area contributed by atoms with Crippen molar-refractivity contribution in [3.8, 4) is 0 Å². The van der Waals surface area contributed by atoms with Crippen molar-refractivity contribution in [3.05, 3.63) is 46.2 Å². The zero-order valence-corrected chi connectivity index (χ0v) is 12.0. The number of hydrogen-bond acceptors (Lipinski definition) is 4. The highest BCUT2D eigenvalue weighted by Gasteiger charge is 2.03. The van der Waals surface area contributed by atoms with E-state index >= 15 is 0 Å². The topological polar surface area (TPSA) is 84.2 Å². The Morgan fingerprint density at radius 3 is 2.63 bits per heavy atom. The van der Waals surface area contributed by atoms with Crippen molar-refractivity contribution >= 4 is 32.9 Å². The second-order valence-corrected chi connectivity index (χ2v) is 6.40. The molecule has 5 nitrogen and oxygen atoms in total. The molecule has 2 rings (SSSR count). The van der Waals surface area contributed by atoms with Gasteiger partial charge in [0.1, 0.15) is 0 Å². The first-order valence-electron chi connectivity index (χ1n) is 5.61. The fourth-order valence-electron chi connectivity index (χ4n) is 1.62. The molecule has 1 aromatic carbocycles. The Labute approximate surface area is 116 Å². The average molecular weight is 297 g/mol. The average Bonchev–Trinajstić information content (AvgIpc) is 2.70. The van der Waals surface area contributed by atoms with E-state index in [2.05, 4.69) is 23.0 Å². The molecule has 0 atom stereocenters. The summed E-state index contributed by atoms with van der Waals surface area (Å²) in [5.74, 6) is 0. The molecule has 0 aliphatic carbocycles. The van der Waals surface area contributed by atoms with Gasteiger partial charge < -0.3 is 5.32 Å². The Bertz CT molecular complexity index is 665. The van der Waals surface area contributed by atoms with Crippen molar-refractivity contribution in [2.75, 3.05) is 10.0 Å². The maximum absolute atomic E-state index is 10.9. The van der Waals surface area contributed by atoms with E-state index in [0.717, 1.165) is 5.69 Å². The summed E-state index contributed by atoms with van der Waals surface area (Å²) in [4.78, 5) is 1.25. The second kappa shape index (κ2) is 5.60. The van der Waals surface area contributed by atoms with Crippen LogP contribution in [0.25, 0.3) is 0 Å². The summed E-state index contributed by atoms with van der Waals surface area (Å²) in [5, 5.41) is 10.2. The van der Waals surface area contributed by atoms with Crippen LogP contribution in [0.4, 0.5) is 11.4 Å². The van der Waals surface area contributed by atoms with Gasteiger partial charge in [0, 0.05) is 17.1 Å². The summed E-state index contributed by atoms with van der Waals surface area (Å²) in [7, 11) is -3.73. The molecule has 102 valence electrons. The first kappa shape index (κ1) is 13.9. The van der Waals surface area contributed by atoms with Gasteiger partial charge in [0.2, 0.25) is 0 Å². The molecule has 7 heteroatoms. The highest BCUT2D eigenvalue weighted by molar-refractivity contribution is 7.90. The van der Waals surface area contributed by atoms with E-state index < -0.39 is 10.2 Å². The number of thiophene rings is 1. The summed E-state index contributed by atoms with van der Waals surface area (Å²) in [6, 6.07) is 9.05. The van der Waals surface area contributed by atoms with Crippen molar-refractivity contribution < 1.29 is 8.42 Å². The number of benzene rings is 1. The third-order valence-corrected chi connectivity index (χ3v) is 4.09. The van der Waals surface area contributed by atoms with Crippen LogP contribution in [0.5, 0.6) is 0 Å². The molecule has 0 bridgehead atoms. The molecular weight excluding hydrogens is 282 g/mol. The minimum absolute atomic E-state index is 0.440. The molecule has 0 radical (unpaired) electrons. The Balaban J connectivity index is 2.05. The lowest BCUT2D eigenvalue weighted by molar-refractivity contribution is 0.603. The predicted molar refractivity (Wildman–Crippen MR) is 79.6 cm³/mol. The smallest absolute Gasteiger partial charge is 0.296 e. The molecule has 1 aromatic heterocycles. The third-order valence-electron chi connectivity index (χ3n) is 2.54. The fraction of sp³-hybridized carbons (Fsp3) is 0.167. The van der Waals surface area contributed by atoms with Gasteiger partial charge in [0.05, 0.1) is 5.69 Å². The zero-order valence-electron chi connectivity index (χ0n) is 10.4. The highest BCUT2D eigenvalue weighted by Crippen LogP contribution is 2.20. The standard InChI is InChI=1S/C12H15N3O2S2/c1-9-5-6-18-12(9)8-14-10-3-2-4-11(7-10)15-19(13,16)17/h2-7,14-15H,8H2,1H3,(H2,13,16,17). The van der Waals surface area contributed by atoms with E-state index in [1.54, 1.807) is 29.5 Å². The maximum atomic E-state index is 10.9. The third kappa shape index (κ3) is 4.23. The maximum Gasteiger partial charge on any atom is 0.296 e. The van der Waals surface area contributed by atoms with Crippen LogP contribution >= 0.6 is 11.3 Å². The zero-order chi connectivity index (χ0) is 13.9. The SMILES string of the molecule is Cc1ccsc1CNc1cccc(NS(N)(=O)=O)c1. The van der Waals surface area contributed by atoms with Gasteiger partial charge in [-0.15, -0.1) is 11.3 Å². The van der Waals surface area contributed by atoms with Crippen LogP contribution in [0.2, 0.25) is 0 Å². The highest BCUT2D eigenvalue weighted by atomic mass is 32.2. The molecule has 0 amide bonds. The van der Waals surface area contributed by atoms with E-state index in [1.807, 2.05) is 11.4 Å². The van der Waals surface area contributed by atoms with E-state index in [9.17, 15) is 8.42 Å². The number of nitrogens with two attached hydrogens (primary N) is 1. The van der Waals surface area contributed by atoms with Crippen LogP contribution in [-0.2, 0) is 16.8 Å². The molecule has 2 aromatic rings. The minimum atomic E-state index is -3.73. The van der Waals surface area contributed by atoms with Gasteiger partial charge in [-0.2, -0.15) is 8.42 Å². The van der Waals surface area contributed by atoms with Crippen LogP contribution in [0.1, 0.15) is 10.4 Å². The molecule has 0 saturated carbocycles. The van der Waals surface area contributed by atoms with Gasteiger partial charge in [0.15, 0.2) is 0 Å². The molecule has 0 aliphatic heterocycles. The predicted octanol–water partition coefficient (Wildman–Crippen LogP) is 2.28. The number of hydrogen-bond donors (Lipinski definition) is 3. The number of anilines is 2. The van der Waals surface area contributed by atoms with Crippen molar-refractivity contribution in [2.24, 2.45) is 5.14 Å². The normalized spacial score (nSPS) is 11.3. The Hall–Kier alpha value is -1.57. The first-order chi connectivity index (χ1) is 8.94. The Kier molecular flexibility index (Phi) is 4.08. The second-order valence-electron chi connectivity index (χ2n) is 4.11. The Morgan fingerprint density at radius 1 is 1.26 bits per heavy atom. The van der Waals surface area contributed by atoms with Gasteiger partial charge in [-0.25, -0.2) is 5.14 Å². The van der Waals surface area contributed by atoms with Gasteiger partial charge in [-0.05, 0) is 42.1 Å². The van der Waals surface area contributed by atoms with Crippen molar-refractivity contribution in [3.63, 3.8) is 0 Å². The van der Waals surface area contributed by atoms with E-state index in [4.69, 9.17) is 5.14 Å². The van der Waals surface area contributed by atoms with E-state index in [1.165, 1.54) is 10.4 Å². The lowest BCUT2D eigenvalue weighted by Crippen LogP contribution is -2.21. The number of rotatable bonds is 5. The molecule has 0 saturated heterocycles. The molecule has 0 spiro atoms.